The van der Waals surface area contributed by atoms with Crippen LogP contribution in [0.5, 0.6) is 0 Å². The van der Waals surface area contributed by atoms with Crippen molar-refractivity contribution >= 4 is 15.8 Å². The summed E-state index contributed by atoms with van der Waals surface area (Å²) in [7, 11) is -3.73. The van der Waals surface area contributed by atoms with E-state index in [2.05, 4.69) is 0 Å². The second-order valence-corrected chi connectivity index (χ2v) is 4.71. The summed E-state index contributed by atoms with van der Waals surface area (Å²) in [5.41, 5.74) is 1.38. The van der Waals surface area contributed by atoms with E-state index in [1.807, 2.05) is 6.92 Å². The van der Waals surface area contributed by atoms with Gasteiger partial charge in [0, 0.05) is 5.56 Å². The lowest BCUT2D eigenvalue weighted by atomic mass is 10.1. The zero-order valence-corrected chi connectivity index (χ0v) is 8.54. The van der Waals surface area contributed by atoms with Gasteiger partial charge in [0.15, 0.2) is 5.78 Å². The Bertz CT molecular complexity index is 434. The average molecular weight is 213 g/mol. The molecule has 0 fully saturated rings. The second-order valence-electron chi connectivity index (χ2n) is 3.10. The smallest absolute Gasteiger partial charge is 0.216 e. The van der Waals surface area contributed by atoms with Gasteiger partial charge in [-0.3, -0.25) is 4.79 Å². The number of aryl methyl sites for hydroxylation is 1. The van der Waals surface area contributed by atoms with Crippen molar-refractivity contribution in [2.24, 2.45) is 5.14 Å². The Morgan fingerprint density at radius 2 is 1.79 bits per heavy atom. The Morgan fingerprint density at radius 3 is 2.21 bits per heavy atom. The van der Waals surface area contributed by atoms with Crippen LogP contribution in [0, 0.1) is 6.92 Å². The summed E-state index contributed by atoms with van der Waals surface area (Å²) in [6.45, 7) is 1.88. The molecule has 0 heterocycles. The van der Waals surface area contributed by atoms with Crippen LogP contribution in [0.25, 0.3) is 0 Å². The van der Waals surface area contributed by atoms with E-state index < -0.39 is 21.6 Å². The molecule has 1 aromatic carbocycles. The molecule has 1 aromatic rings. The fourth-order valence-corrected chi connectivity index (χ4v) is 1.54. The van der Waals surface area contributed by atoms with Crippen LogP contribution >= 0.6 is 0 Å². The van der Waals surface area contributed by atoms with Crippen molar-refractivity contribution in [1.82, 2.24) is 0 Å². The van der Waals surface area contributed by atoms with Crippen LogP contribution in [-0.2, 0) is 10.0 Å². The summed E-state index contributed by atoms with van der Waals surface area (Å²) in [5, 5.41) is 4.76. The standard InChI is InChI=1S/C9H11NO3S/c1-7-2-4-8(5-3-7)9(11)6-14(10,12)13/h2-5H,6H2,1H3,(H2,10,12,13). The number of hydrogen-bond acceptors (Lipinski definition) is 3. The van der Waals surface area contributed by atoms with E-state index >= 15 is 0 Å². The lowest BCUT2D eigenvalue weighted by Crippen LogP contribution is -2.23. The number of nitrogens with two attached hydrogens (primary N) is 1. The van der Waals surface area contributed by atoms with Gasteiger partial charge in [-0.25, -0.2) is 13.6 Å². The minimum atomic E-state index is -3.73. The fraction of sp³-hybridized carbons (Fsp3) is 0.222. The number of benzene rings is 1. The molecule has 0 bridgehead atoms. The van der Waals surface area contributed by atoms with E-state index in [9.17, 15) is 13.2 Å². The lowest BCUT2D eigenvalue weighted by Gasteiger charge is -1.99. The second kappa shape index (κ2) is 3.89. The molecule has 0 radical (unpaired) electrons. The van der Waals surface area contributed by atoms with Gasteiger partial charge in [0.25, 0.3) is 0 Å². The maximum absolute atomic E-state index is 11.3. The minimum absolute atomic E-state index is 0.365. The molecule has 0 amide bonds. The number of rotatable bonds is 3. The molecule has 0 saturated carbocycles. The van der Waals surface area contributed by atoms with Crippen LogP contribution in [-0.4, -0.2) is 20.0 Å². The lowest BCUT2D eigenvalue weighted by molar-refractivity contribution is 0.102. The van der Waals surface area contributed by atoms with Crippen LogP contribution < -0.4 is 5.14 Å². The average Bonchev–Trinajstić information content (AvgIpc) is 2.02. The number of sulfonamides is 1. The number of primary sulfonamides is 1. The van der Waals surface area contributed by atoms with Crippen molar-refractivity contribution in [3.05, 3.63) is 35.4 Å². The number of Topliss-reactive ketones (excluding diaryl/α,β-unsaturated/α-hetero) is 1. The fourth-order valence-electron chi connectivity index (χ4n) is 1.01. The van der Waals surface area contributed by atoms with Gasteiger partial charge in [0.2, 0.25) is 10.0 Å². The zero-order valence-electron chi connectivity index (χ0n) is 7.73. The third-order valence-electron chi connectivity index (χ3n) is 1.71. The van der Waals surface area contributed by atoms with E-state index in [0.717, 1.165) is 5.56 Å². The monoisotopic (exact) mass is 213 g/mol. The highest BCUT2D eigenvalue weighted by Gasteiger charge is 2.12. The van der Waals surface area contributed by atoms with Gasteiger partial charge in [-0.15, -0.1) is 0 Å². The number of hydrogen-bond donors (Lipinski definition) is 1. The quantitative estimate of drug-likeness (QED) is 0.741. The first kappa shape index (κ1) is 10.9. The molecule has 0 aliphatic heterocycles. The van der Waals surface area contributed by atoms with Crippen LogP contribution in [0.15, 0.2) is 24.3 Å². The van der Waals surface area contributed by atoms with Gasteiger partial charge in [-0.1, -0.05) is 29.8 Å². The summed E-state index contributed by atoms with van der Waals surface area (Å²) in [5.74, 6) is -1.12. The first-order valence-electron chi connectivity index (χ1n) is 3.99. The maximum Gasteiger partial charge on any atom is 0.216 e. The molecule has 0 aliphatic rings. The molecule has 4 nitrogen and oxygen atoms in total. The minimum Gasteiger partial charge on any atom is -0.293 e. The van der Waals surface area contributed by atoms with Gasteiger partial charge in [0.1, 0.15) is 5.75 Å². The highest BCUT2D eigenvalue weighted by molar-refractivity contribution is 7.89. The molecule has 0 aromatic heterocycles. The van der Waals surface area contributed by atoms with Crippen molar-refractivity contribution in [2.75, 3.05) is 5.75 Å². The Balaban J connectivity index is 2.86. The van der Waals surface area contributed by atoms with Gasteiger partial charge in [-0.2, -0.15) is 0 Å². The Hall–Kier alpha value is -1.20. The summed E-state index contributed by atoms with van der Waals surface area (Å²) in [6, 6.07) is 6.67. The molecule has 0 atom stereocenters. The van der Waals surface area contributed by atoms with Crippen LogP contribution in [0.3, 0.4) is 0 Å². The first-order valence-corrected chi connectivity index (χ1v) is 5.70. The molecule has 5 heteroatoms. The molecule has 0 saturated heterocycles. The predicted octanol–water partition coefficient (Wildman–Crippen LogP) is 0.466. The molecule has 76 valence electrons. The van der Waals surface area contributed by atoms with Crippen LogP contribution in [0.4, 0.5) is 0 Å². The van der Waals surface area contributed by atoms with E-state index in [-0.39, 0.29) is 0 Å². The van der Waals surface area contributed by atoms with Gasteiger partial charge < -0.3 is 0 Å². The summed E-state index contributed by atoms with van der Waals surface area (Å²) in [4.78, 5) is 11.3. The molecular formula is C9H11NO3S. The Morgan fingerprint density at radius 1 is 1.29 bits per heavy atom. The van der Waals surface area contributed by atoms with Gasteiger partial charge in [-0.05, 0) is 6.92 Å². The summed E-state index contributed by atoms with van der Waals surface area (Å²) < 4.78 is 21.3. The van der Waals surface area contributed by atoms with Crippen LogP contribution in [0.2, 0.25) is 0 Å². The van der Waals surface area contributed by atoms with E-state index in [1.165, 1.54) is 0 Å². The van der Waals surface area contributed by atoms with E-state index in [4.69, 9.17) is 5.14 Å². The van der Waals surface area contributed by atoms with Crippen molar-refractivity contribution in [1.29, 1.82) is 0 Å². The third kappa shape index (κ3) is 3.27. The molecule has 0 unspecified atom stereocenters. The summed E-state index contributed by atoms with van der Waals surface area (Å²) >= 11 is 0. The van der Waals surface area contributed by atoms with Gasteiger partial charge in [0.05, 0.1) is 0 Å². The highest BCUT2D eigenvalue weighted by Crippen LogP contribution is 2.04. The van der Waals surface area contributed by atoms with Crippen molar-refractivity contribution in [2.45, 2.75) is 6.92 Å². The van der Waals surface area contributed by atoms with Crippen LogP contribution in [0.1, 0.15) is 15.9 Å². The maximum atomic E-state index is 11.3. The summed E-state index contributed by atoms with van der Waals surface area (Å²) in [6.07, 6.45) is 0. The molecular weight excluding hydrogens is 202 g/mol. The largest absolute Gasteiger partial charge is 0.293 e. The topological polar surface area (TPSA) is 77.2 Å². The van der Waals surface area contributed by atoms with Crippen molar-refractivity contribution in [3.63, 3.8) is 0 Å². The Kier molecular flexibility index (Phi) is 3.03. The molecule has 2 N–H and O–H groups in total. The third-order valence-corrected chi connectivity index (χ3v) is 2.37. The normalized spacial score (nSPS) is 11.3. The number of carbonyl (C=O) groups is 1. The molecule has 14 heavy (non-hydrogen) atoms. The van der Waals surface area contributed by atoms with Crippen molar-refractivity contribution < 1.29 is 13.2 Å². The number of carbonyl (C=O) groups excluding carboxylic acids is 1. The van der Waals surface area contributed by atoms with Gasteiger partial charge >= 0.3 is 0 Å². The first-order chi connectivity index (χ1) is 6.38. The molecule has 1 rings (SSSR count). The van der Waals surface area contributed by atoms with E-state index in [1.54, 1.807) is 24.3 Å². The van der Waals surface area contributed by atoms with Crippen molar-refractivity contribution in [3.8, 4) is 0 Å². The number of ketones is 1. The SMILES string of the molecule is Cc1ccc(C(=O)CS(N)(=O)=O)cc1. The highest BCUT2D eigenvalue weighted by atomic mass is 32.2. The Labute approximate surface area is 82.8 Å². The van der Waals surface area contributed by atoms with E-state index in [0.29, 0.717) is 5.56 Å². The predicted molar refractivity (Wildman–Crippen MR) is 53.5 cm³/mol. The zero-order chi connectivity index (χ0) is 10.8. The molecule has 0 spiro atoms. The molecule has 0 aliphatic carbocycles.